The molecule has 0 bridgehead atoms. The Balaban J connectivity index is 1.94. The van der Waals surface area contributed by atoms with Gasteiger partial charge in [0, 0.05) is 12.0 Å². The van der Waals surface area contributed by atoms with Crippen LogP contribution in [0.3, 0.4) is 0 Å². The molecule has 0 aliphatic heterocycles. The van der Waals surface area contributed by atoms with Gasteiger partial charge in [0.25, 0.3) is 0 Å². The van der Waals surface area contributed by atoms with Crippen molar-refractivity contribution in [3.8, 4) is 0 Å². The number of benzene rings is 1. The highest BCUT2D eigenvalue weighted by molar-refractivity contribution is 5.75. The van der Waals surface area contributed by atoms with E-state index in [-0.39, 0.29) is 18.5 Å². The van der Waals surface area contributed by atoms with E-state index in [1.807, 2.05) is 13.8 Å². The number of nitrogens with one attached hydrogen (secondary N) is 2. The highest BCUT2D eigenvalue weighted by atomic mass is 19.1. The lowest BCUT2D eigenvalue weighted by Crippen LogP contribution is -2.54. The molecule has 3 N–H and O–H groups in total. The van der Waals surface area contributed by atoms with Crippen LogP contribution in [0.15, 0.2) is 24.3 Å². The molecule has 0 radical (unpaired) electrons. The molecule has 1 fully saturated rings. The number of carbonyl (C=O) groups is 1. The third kappa shape index (κ3) is 3.77. The number of rotatable bonds is 5. The maximum absolute atomic E-state index is 13.9. The van der Waals surface area contributed by atoms with Gasteiger partial charge >= 0.3 is 6.03 Å². The average Bonchev–Trinajstić information content (AvgIpc) is 2.95. The standard InChI is InChI=1S/C17H25FN2O2/c1-16(2,13-7-3-4-8-14(13)18)11-19-15(22)20-17(12-21)9-5-6-10-17/h3-4,7-8,21H,5-6,9-12H2,1-2H3,(H2,19,20,22). The maximum Gasteiger partial charge on any atom is 0.315 e. The van der Waals surface area contributed by atoms with Crippen molar-refractivity contribution in [3.05, 3.63) is 35.6 Å². The molecule has 0 atom stereocenters. The van der Waals surface area contributed by atoms with Gasteiger partial charge in [-0.25, -0.2) is 9.18 Å². The van der Waals surface area contributed by atoms with Crippen molar-refractivity contribution in [2.75, 3.05) is 13.2 Å². The Morgan fingerprint density at radius 1 is 1.32 bits per heavy atom. The summed E-state index contributed by atoms with van der Waals surface area (Å²) < 4.78 is 13.9. The van der Waals surface area contributed by atoms with Crippen LogP contribution in [-0.4, -0.2) is 29.8 Å². The van der Waals surface area contributed by atoms with Crippen LogP contribution >= 0.6 is 0 Å². The van der Waals surface area contributed by atoms with Gasteiger partial charge < -0.3 is 15.7 Å². The summed E-state index contributed by atoms with van der Waals surface area (Å²) in [6.07, 6.45) is 3.63. The quantitative estimate of drug-likeness (QED) is 0.783. The van der Waals surface area contributed by atoms with Crippen molar-refractivity contribution in [1.82, 2.24) is 10.6 Å². The summed E-state index contributed by atoms with van der Waals surface area (Å²) in [6, 6.07) is 6.30. The molecule has 0 saturated heterocycles. The SMILES string of the molecule is CC(C)(CNC(=O)NC1(CO)CCCC1)c1ccccc1F. The van der Waals surface area contributed by atoms with Crippen molar-refractivity contribution in [2.24, 2.45) is 0 Å². The topological polar surface area (TPSA) is 61.4 Å². The van der Waals surface area contributed by atoms with Crippen LogP contribution in [0.5, 0.6) is 0 Å². The molecule has 122 valence electrons. The zero-order valence-electron chi connectivity index (χ0n) is 13.3. The van der Waals surface area contributed by atoms with Crippen LogP contribution in [0.1, 0.15) is 45.1 Å². The molecule has 4 nitrogen and oxygen atoms in total. The highest BCUT2D eigenvalue weighted by Crippen LogP contribution is 2.29. The van der Waals surface area contributed by atoms with E-state index in [1.54, 1.807) is 18.2 Å². The monoisotopic (exact) mass is 308 g/mol. The molecule has 5 heteroatoms. The summed E-state index contributed by atoms with van der Waals surface area (Å²) in [4.78, 5) is 12.1. The minimum absolute atomic E-state index is 0.0445. The van der Waals surface area contributed by atoms with Crippen molar-refractivity contribution in [3.63, 3.8) is 0 Å². The fraction of sp³-hybridized carbons (Fsp3) is 0.588. The molecule has 1 aliphatic rings. The lowest BCUT2D eigenvalue weighted by Gasteiger charge is -2.30. The molecule has 1 saturated carbocycles. The second-order valence-corrected chi connectivity index (χ2v) is 6.82. The average molecular weight is 308 g/mol. The molecule has 22 heavy (non-hydrogen) atoms. The van der Waals surface area contributed by atoms with E-state index in [1.165, 1.54) is 6.07 Å². The normalized spacial score (nSPS) is 17.3. The molecule has 0 unspecified atom stereocenters. The number of carbonyl (C=O) groups excluding carboxylic acids is 1. The fourth-order valence-corrected chi connectivity index (χ4v) is 3.07. The summed E-state index contributed by atoms with van der Waals surface area (Å²) in [6.45, 7) is 4.06. The molecule has 0 aromatic heterocycles. The third-order valence-corrected chi connectivity index (χ3v) is 4.54. The van der Waals surface area contributed by atoms with Crippen LogP contribution in [0.25, 0.3) is 0 Å². The largest absolute Gasteiger partial charge is 0.394 e. The molecule has 0 heterocycles. The maximum atomic E-state index is 13.9. The zero-order valence-corrected chi connectivity index (χ0v) is 13.3. The number of hydrogen-bond donors (Lipinski definition) is 3. The number of hydrogen-bond acceptors (Lipinski definition) is 2. The van der Waals surface area contributed by atoms with Gasteiger partial charge in [-0.3, -0.25) is 0 Å². The Morgan fingerprint density at radius 3 is 2.55 bits per heavy atom. The smallest absolute Gasteiger partial charge is 0.315 e. The van der Waals surface area contributed by atoms with E-state index in [0.29, 0.717) is 12.1 Å². The molecular formula is C17H25FN2O2. The van der Waals surface area contributed by atoms with Crippen LogP contribution < -0.4 is 10.6 Å². The highest BCUT2D eigenvalue weighted by Gasteiger charge is 2.35. The summed E-state index contributed by atoms with van der Waals surface area (Å²) in [5.74, 6) is -0.266. The Bertz CT molecular complexity index is 525. The Labute approximate surface area is 131 Å². The van der Waals surface area contributed by atoms with Crippen LogP contribution in [-0.2, 0) is 5.41 Å². The van der Waals surface area contributed by atoms with Gasteiger partial charge in [0.15, 0.2) is 0 Å². The van der Waals surface area contributed by atoms with Crippen LogP contribution in [0, 0.1) is 5.82 Å². The molecular weight excluding hydrogens is 283 g/mol. The Kier molecular flexibility index (Phi) is 5.06. The molecule has 1 aromatic rings. The van der Waals surface area contributed by atoms with E-state index in [2.05, 4.69) is 10.6 Å². The van der Waals surface area contributed by atoms with E-state index < -0.39 is 11.0 Å². The van der Waals surface area contributed by atoms with Gasteiger partial charge in [0.2, 0.25) is 0 Å². The van der Waals surface area contributed by atoms with Gasteiger partial charge in [-0.05, 0) is 24.5 Å². The minimum Gasteiger partial charge on any atom is -0.394 e. The molecule has 1 aliphatic carbocycles. The summed E-state index contributed by atoms with van der Waals surface area (Å²) in [5, 5.41) is 15.2. The van der Waals surface area contributed by atoms with E-state index in [4.69, 9.17) is 0 Å². The minimum atomic E-state index is -0.509. The van der Waals surface area contributed by atoms with E-state index in [9.17, 15) is 14.3 Å². The molecule has 0 spiro atoms. The lowest BCUT2D eigenvalue weighted by molar-refractivity contribution is 0.162. The second kappa shape index (κ2) is 6.65. The third-order valence-electron chi connectivity index (χ3n) is 4.54. The lowest BCUT2D eigenvalue weighted by atomic mass is 9.84. The van der Waals surface area contributed by atoms with Gasteiger partial charge in [-0.1, -0.05) is 44.9 Å². The van der Waals surface area contributed by atoms with Crippen LogP contribution in [0.4, 0.5) is 9.18 Å². The van der Waals surface area contributed by atoms with Crippen molar-refractivity contribution in [1.29, 1.82) is 0 Å². The first-order valence-corrected chi connectivity index (χ1v) is 7.80. The number of amides is 2. The van der Waals surface area contributed by atoms with Crippen molar-refractivity contribution >= 4 is 6.03 Å². The zero-order chi connectivity index (χ0) is 16.2. The van der Waals surface area contributed by atoms with E-state index in [0.717, 1.165) is 25.7 Å². The van der Waals surface area contributed by atoms with Gasteiger partial charge in [0.1, 0.15) is 5.82 Å². The predicted octanol–water partition coefficient (Wildman–Crippen LogP) is 2.71. The van der Waals surface area contributed by atoms with Gasteiger partial charge in [0.05, 0.1) is 12.1 Å². The number of halogens is 1. The summed E-state index contributed by atoms with van der Waals surface area (Å²) in [7, 11) is 0. The van der Waals surface area contributed by atoms with Crippen molar-refractivity contribution in [2.45, 2.75) is 50.5 Å². The van der Waals surface area contributed by atoms with Crippen molar-refractivity contribution < 1.29 is 14.3 Å². The summed E-state index contributed by atoms with van der Waals surface area (Å²) >= 11 is 0. The van der Waals surface area contributed by atoms with Gasteiger partial charge in [-0.15, -0.1) is 0 Å². The first-order chi connectivity index (χ1) is 10.4. The molecule has 1 aromatic carbocycles. The molecule has 2 rings (SSSR count). The first-order valence-electron chi connectivity index (χ1n) is 7.80. The predicted molar refractivity (Wildman–Crippen MR) is 84.2 cm³/mol. The van der Waals surface area contributed by atoms with Gasteiger partial charge in [-0.2, -0.15) is 0 Å². The number of aliphatic hydroxyl groups is 1. The Morgan fingerprint density at radius 2 is 1.95 bits per heavy atom. The molecule has 2 amide bonds. The summed E-state index contributed by atoms with van der Waals surface area (Å²) in [5.41, 5.74) is -0.426. The number of aliphatic hydroxyl groups excluding tert-OH is 1. The second-order valence-electron chi connectivity index (χ2n) is 6.82. The Hall–Kier alpha value is -1.62. The van der Waals surface area contributed by atoms with Crippen LogP contribution in [0.2, 0.25) is 0 Å². The van der Waals surface area contributed by atoms with E-state index >= 15 is 0 Å². The first kappa shape index (κ1) is 16.7. The number of urea groups is 1. The fourth-order valence-electron chi connectivity index (χ4n) is 3.07.